The van der Waals surface area contributed by atoms with Crippen molar-refractivity contribution in [1.82, 2.24) is 10.6 Å². The van der Waals surface area contributed by atoms with Crippen molar-refractivity contribution < 1.29 is 169 Å². The Labute approximate surface area is 857 Å². The molecule has 1 aliphatic heterocycles. The molecule has 148 heavy (non-hydrogen) atoms. The normalized spacial score (nSPS) is 29.1. The lowest BCUT2D eigenvalue weighted by molar-refractivity contribution is -0.346. The molecule has 26 atom stereocenters. The van der Waals surface area contributed by atoms with E-state index in [0.717, 1.165) is 48.5 Å². The molecule has 4 bridgehead atoms. The van der Waals surface area contributed by atoms with E-state index in [9.17, 15) is 88.2 Å². The zero-order valence-electron chi connectivity index (χ0n) is 86.3. The molecular weight excluding hydrogens is 1920 g/mol. The molecule has 37 nitrogen and oxygen atoms in total. The number of amides is 2. The highest BCUT2D eigenvalue weighted by atomic mass is 16.7. The van der Waals surface area contributed by atoms with Gasteiger partial charge in [0.1, 0.15) is 71.6 Å². The molecule has 6 aromatic carbocycles. The van der Waals surface area contributed by atoms with Crippen molar-refractivity contribution in [3.63, 3.8) is 0 Å². The number of hydrogen-bond acceptors (Lipinski definition) is 35. The van der Waals surface area contributed by atoms with Crippen LogP contribution in [0.25, 0.3) is 0 Å². The molecule has 1 heterocycles. The number of benzene rings is 6. The van der Waals surface area contributed by atoms with Gasteiger partial charge in [0.25, 0.3) is 11.8 Å². The number of esters is 12. The molecule has 5 saturated carbocycles. The molecule has 7 aliphatic carbocycles. The topological polar surface area (TPSA) is 539 Å². The first kappa shape index (κ1) is 115. The van der Waals surface area contributed by atoms with Crippen LogP contribution >= 0.6 is 0 Å². The number of ether oxygens (including phenoxy) is 13. The second kappa shape index (κ2) is 46.5. The number of carbonyl (C=O) groups is 16. The van der Waals surface area contributed by atoms with Crippen LogP contribution in [0.1, 0.15) is 242 Å². The number of fused-ring (bicyclic) bond motifs is 10. The van der Waals surface area contributed by atoms with Gasteiger partial charge in [-0.25, -0.2) is 38.4 Å². The Hall–Kier alpha value is -13.6. The van der Waals surface area contributed by atoms with Crippen molar-refractivity contribution in [3.8, 4) is 0 Å². The number of aliphatic hydroxyl groups is 6. The van der Waals surface area contributed by atoms with E-state index in [2.05, 4.69) is 10.6 Å². The summed E-state index contributed by atoms with van der Waals surface area (Å²) < 4.78 is 77.5. The Morgan fingerprint density at radius 3 is 1.02 bits per heavy atom. The predicted molar refractivity (Wildman–Crippen MR) is 523 cm³/mol. The van der Waals surface area contributed by atoms with Crippen LogP contribution in [0, 0.1) is 39.4 Å². The first-order valence-electron chi connectivity index (χ1n) is 49.4. The van der Waals surface area contributed by atoms with Crippen molar-refractivity contribution in [1.29, 1.82) is 0 Å². The van der Waals surface area contributed by atoms with Crippen molar-refractivity contribution in [3.05, 3.63) is 238 Å². The maximum atomic E-state index is 15.8. The summed E-state index contributed by atoms with van der Waals surface area (Å²) in [5.74, 6) is -20.1. The molecule has 8 N–H and O–H groups in total. The average Bonchev–Trinajstić information content (AvgIpc) is 0.669. The number of rotatable bonds is 28. The summed E-state index contributed by atoms with van der Waals surface area (Å²) in [5.41, 5.74) is -15.4. The van der Waals surface area contributed by atoms with Crippen LogP contribution in [0.5, 0.6) is 0 Å². The Morgan fingerprint density at radius 2 is 0.716 bits per heavy atom. The van der Waals surface area contributed by atoms with Gasteiger partial charge in [0.2, 0.25) is 12.2 Å². The van der Waals surface area contributed by atoms with Gasteiger partial charge in [-0.05, 0) is 157 Å². The summed E-state index contributed by atoms with van der Waals surface area (Å²) in [7, 11) is 0. The number of Topliss-reactive ketones (excluding diaryl/α,β-unsaturated/α-hetero) is 2. The molecule has 6 fully saturated rings. The van der Waals surface area contributed by atoms with Crippen molar-refractivity contribution in [2.45, 2.75) is 303 Å². The second-order valence-electron chi connectivity index (χ2n) is 39.5. The third kappa shape index (κ3) is 22.3. The van der Waals surface area contributed by atoms with Crippen LogP contribution in [0.2, 0.25) is 0 Å². The fraction of sp³-hybridized carbons (Fsp3) is 0.495. The summed E-state index contributed by atoms with van der Waals surface area (Å²) in [6.07, 6.45) is -27.2. The van der Waals surface area contributed by atoms with Gasteiger partial charge in [-0.3, -0.25) is 38.4 Å². The van der Waals surface area contributed by atoms with E-state index < -0.39 is 273 Å². The molecule has 796 valence electrons. The van der Waals surface area contributed by atoms with Gasteiger partial charge in [0.05, 0.1) is 52.6 Å². The zero-order valence-corrected chi connectivity index (χ0v) is 86.3. The van der Waals surface area contributed by atoms with Crippen LogP contribution in [0.15, 0.2) is 204 Å². The highest BCUT2D eigenvalue weighted by Gasteiger charge is 2.81. The molecule has 0 aromatic heterocycles. The minimum Gasteiger partial charge on any atom is -0.458 e. The predicted octanol–water partition coefficient (Wildman–Crippen LogP) is 10.3. The Morgan fingerprint density at radius 1 is 0.399 bits per heavy atom. The number of carbonyl (C=O) groups excluding carboxylic acids is 16. The Kier molecular flexibility index (Phi) is 36.0. The zero-order chi connectivity index (χ0) is 109. The molecule has 0 spiro atoms. The Balaban J connectivity index is 0.000000272. The minimum absolute atomic E-state index is 0.0133. The van der Waals surface area contributed by atoms with Gasteiger partial charge in [-0.2, -0.15) is 0 Å². The lowest BCUT2D eigenvalue weighted by Crippen LogP contribution is -2.82. The highest BCUT2D eigenvalue weighted by Crippen LogP contribution is 2.69. The van der Waals surface area contributed by atoms with Gasteiger partial charge in [-0.1, -0.05) is 189 Å². The van der Waals surface area contributed by atoms with Gasteiger partial charge in [-0.15, -0.1) is 0 Å². The maximum Gasteiger partial charge on any atom is 0.350 e. The average molecular weight is 2050 g/mol. The van der Waals surface area contributed by atoms with E-state index >= 15 is 19.2 Å². The first-order valence-corrected chi connectivity index (χ1v) is 49.4. The van der Waals surface area contributed by atoms with Crippen LogP contribution in [-0.2, 0) is 119 Å². The van der Waals surface area contributed by atoms with Crippen molar-refractivity contribution in [2.24, 2.45) is 39.4 Å². The molecule has 6 aromatic rings. The molecule has 8 aliphatic rings. The minimum atomic E-state index is -2.52. The van der Waals surface area contributed by atoms with E-state index in [4.69, 9.17) is 61.6 Å². The van der Waals surface area contributed by atoms with Gasteiger partial charge < -0.3 is 103 Å². The summed E-state index contributed by atoms with van der Waals surface area (Å²) in [4.78, 5) is 224. The SMILES string of the molecule is CC.CC.CC(=O)O[C@H]1C(=O)[C@@]2(C)C([C@H](OC(=O)c3ccccc3)[C@]3(O)CC(OC(=O)[C@H](OC(=O)C(C)OC(=O)C(C)O)C(NC(=O)c4ccccc4)c4ccccc4)C(C)=C1C3(C)C)[C@]1(OC(C)=O)CO[C@@H]1C[C@@H]2O.CC(=O)O[C@H]1C(=O)[C@@]2(C)C([C@H](OC(=O)c3ccccc3)[C@]3(O)CC(OC(=O)[C@H](OC(=O)[C@H](C)OC(=O)[C@H](C)O)C(NC(=O)c4ccccc4)c4ccccc4)C(C)=C1C3(C)C)[C@]1(OC(C)=O)CC[C@@H]1C[C@@H]2O. The van der Waals surface area contributed by atoms with E-state index in [1.54, 1.807) is 135 Å². The Bertz CT molecular complexity index is 5630. The highest BCUT2D eigenvalue weighted by molar-refractivity contribution is 5.99. The number of aliphatic hydroxyl groups excluding tert-OH is 4. The van der Waals surface area contributed by atoms with Crippen molar-refractivity contribution in [2.75, 3.05) is 6.61 Å². The van der Waals surface area contributed by atoms with Gasteiger partial charge in [0, 0.05) is 74.8 Å². The molecule has 1 saturated heterocycles. The molecule has 8 unspecified atom stereocenters. The number of nitrogens with one attached hydrogen (secondary N) is 2. The van der Waals surface area contributed by atoms with Crippen molar-refractivity contribution >= 4 is 95.0 Å². The summed E-state index contributed by atoms with van der Waals surface area (Å²) >= 11 is 0. The number of ketones is 2. The van der Waals surface area contributed by atoms with E-state index in [1.807, 2.05) is 27.7 Å². The van der Waals surface area contributed by atoms with Crippen LogP contribution in [-0.4, -0.2) is 246 Å². The smallest absolute Gasteiger partial charge is 0.350 e. The van der Waals surface area contributed by atoms with Crippen LogP contribution in [0.4, 0.5) is 0 Å². The fourth-order valence-corrected chi connectivity index (χ4v) is 22.2. The summed E-state index contributed by atoms with van der Waals surface area (Å²) in [6.45, 7) is 28.4. The number of hydrogen-bond donors (Lipinski definition) is 8. The summed E-state index contributed by atoms with van der Waals surface area (Å²) in [6, 6.07) is 44.0. The third-order valence-electron chi connectivity index (χ3n) is 29.9. The second-order valence-corrected chi connectivity index (χ2v) is 39.5. The standard InChI is InChI=1S/C54H61NO17.C53H59NO18.2C2H6/c1-28-37(69-50(65)42(70-48(63)30(3)67-47(62)29(2)56)40(33-18-12-9-13-19-33)55-46(61)34-20-14-10-15-21-34)27-54(66)45(71-49(64)35-22-16-11-17-23-35)43-52(8,38(59)26-36-24-25-53(36,43)72-32(5)58)44(60)41(68-31(4)57)39(28)51(54,6)7;1-27-35(69-49(64)41(70-47(62)29(3)67-46(61)28(2)55)39(32-18-12-9-13-19-32)54-45(60)33-20-14-10-15-21-33)25-53(65)44(71-48(63)34-22-16-11-17-23-34)42-51(8,36(58)24-37-52(42,26-66-37)72-31(5)57)43(59)40(68-30(4)56)38(27)50(53,6)7;2*1-2/h9-23,29-30,36-38,40-43,45,56,59,66H,24-27H2,1-8H3,(H,55,61);9-23,28-29,35-37,39-42,44,55,58,65H,24-26H2,1-8H3,(H,54,60);2*1-2H3/t29-,30-,36+,37?,38-,40?,41+,42+,43?,45-,52+,53-,54+;28?,29?,35?,36-,37+,39?,40+,41+,42?,44-,51+,52-,53+;;/m00../s1. The molecular formula is C111H132N2O35. The molecule has 14 rings (SSSR count). The largest absolute Gasteiger partial charge is 0.458 e. The van der Waals surface area contributed by atoms with Gasteiger partial charge in [0.15, 0.2) is 41.6 Å². The van der Waals surface area contributed by atoms with E-state index in [0.29, 0.717) is 6.42 Å². The van der Waals surface area contributed by atoms with E-state index in [-0.39, 0.29) is 81.5 Å². The lowest BCUT2D eigenvalue weighted by atomic mass is 9.41. The van der Waals surface area contributed by atoms with Crippen LogP contribution < -0.4 is 10.6 Å². The maximum absolute atomic E-state index is 15.8. The monoisotopic (exact) mass is 2050 g/mol. The molecule has 37 heteroatoms. The fourth-order valence-electron chi connectivity index (χ4n) is 22.2. The molecule has 2 amide bonds. The lowest BCUT2D eigenvalue weighted by Gasteiger charge is -2.68. The summed E-state index contributed by atoms with van der Waals surface area (Å²) in [5, 5.41) is 77.5. The quantitative estimate of drug-likeness (QED) is 0.0128. The third-order valence-corrected chi connectivity index (χ3v) is 29.9. The van der Waals surface area contributed by atoms with Gasteiger partial charge >= 0.3 is 71.6 Å². The van der Waals surface area contributed by atoms with Crippen LogP contribution in [0.3, 0.4) is 0 Å². The van der Waals surface area contributed by atoms with E-state index in [1.165, 1.54) is 109 Å². The first-order chi connectivity index (χ1) is 69.8. The molecule has 0 radical (unpaired) electrons.